The van der Waals surface area contributed by atoms with Crippen molar-refractivity contribution in [1.82, 2.24) is 5.01 Å². The molecule has 0 aliphatic carbocycles. The molecule has 2 nitrogen and oxygen atoms in total. The molecule has 0 aliphatic rings. The summed E-state index contributed by atoms with van der Waals surface area (Å²) in [6.07, 6.45) is 2.35. The summed E-state index contributed by atoms with van der Waals surface area (Å²) < 4.78 is 0. The topological polar surface area (TPSA) is 15.6 Å². The molecule has 0 spiro atoms. The van der Waals surface area contributed by atoms with E-state index < -0.39 is 0 Å². The average molecular weight is 156 g/mol. The van der Waals surface area contributed by atoms with Gasteiger partial charge in [0.2, 0.25) is 0 Å². The van der Waals surface area contributed by atoms with Crippen LogP contribution >= 0.6 is 0 Å². The highest BCUT2D eigenvalue weighted by Gasteiger charge is 1.95. The van der Waals surface area contributed by atoms with Crippen LogP contribution in [0.5, 0.6) is 0 Å². The number of rotatable bonds is 5. The molecule has 0 N–H and O–H groups in total. The molecule has 0 aromatic rings. The van der Waals surface area contributed by atoms with Crippen LogP contribution in [0.3, 0.4) is 0 Å². The first-order chi connectivity index (χ1) is 5.20. The van der Waals surface area contributed by atoms with Gasteiger partial charge < -0.3 is 0 Å². The van der Waals surface area contributed by atoms with Crippen LogP contribution in [-0.2, 0) is 0 Å². The Morgan fingerprint density at radius 3 is 1.82 bits per heavy atom. The maximum atomic E-state index is 4.41. The Hall–Kier alpha value is -0.530. The molecular weight excluding hydrogens is 136 g/mol. The van der Waals surface area contributed by atoms with Crippen LogP contribution in [0.2, 0.25) is 0 Å². The van der Waals surface area contributed by atoms with Crippen LogP contribution < -0.4 is 0 Å². The minimum absolute atomic E-state index is 1.08. The van der Waals surface area contributed by atoms with Crippen molar-refractivity contribution in [3.8, 4) is 0 Å². The van der Waals surface area contributed by atoms with Gasteiger partial charge in [0.15, 0.2) is 0 Å². The molecule has 0 heterocycles. The molecule has 0 aromatic heterocycles. The van der Waals surface area contributed by atoms with Gasteiger partial charge in [-0.15, -0.1) is 0 Å². The highest BCUT2D eigenvalue weighted by atomic mass is 15.4. The molecule has 0 aliphatic heterocycles. The third-order valence-electron chi connectivity index (χ3n) is 1.30. The predicted molar refractivity (Wildman–Crippen MR) is 50.9 cm³/mol. The van der Waals surface area contributed by atoms with E-state index in [4.69, 9.17) is 0 Å². The van der Waals surface area contributed by atoms with Crippen LogP contribution in [0, 0.1) is 0 Å². The minimum atomic E-state index is 1.08. The quantitative estimate of drug-likeness (QED) is 0.441. The van der Waals surface area contributed by atoms with Crippen LogP contribution in [0.4, 0.5) is 0 Å². The summed E-state index contributed by atoms with van der Waals surface area (Å²) in [7, 11) is 0. The zero-order valence-corrected chi connectivity index (χ0v) is 8.22. The number of hydrazone groups is 1. The van der Waals surface area contributed by atoms with Gasteiger partial charge in [-0.2, -0.15) is 5.10 Å². The van der Waals surface area contributed by atoms with Crippen LogP contribution in [0.15, 0.2) is 5.10 Å². The van der Waals surface area contributed by atoms with Gasteiger partial charge in [-0.3, -0.25) is 5.01 Å². The molecule has 0 aromatic carbocycles. The number of hydrogen-bond acceptors (Lipinski definition) is 2. The van der Waals surface area contributed by atoms with Crippen molar-refractivity contribution in [1.29, 1.82) is 0 Å². The first-order valence-corrected chi connectivity index (χ1v) is 4.47. The second-order valence-electron chi connectivity index (χ2n) is 3.00. The Balaban J connectivity index is 3.78. The summed E-state index contributed by atoms with van der Waals surface area (Å²) in [5.74, 6) is 0. The van der Waals surface area contributed by atoms with Crippen molar-refractivity contribution in [2.45, 2.75) is 40.5 Å². The smallest absolute Gasteiger partial charge is 0.0357 e. The summed E-state index contributed by atoms with van der Waals surface area (Å²) in [6, 6.07) is 0. The Labute approximate surface area is 70.3 Å². The van der Waals surface area contributed by atoms with Crippen LogP contribution in [0.25, 0.3) is 0 Å². The van der Waals surface area contributed by atoms with Gasteiger partial charge in [0, 0.05) is 18.8 Å². The van der Waals surface area contributed by atoms with E-state index in [1.807, 2.05) is 13.8 Å². The lowest BCUT2D eigenvalue weighted by Crippen LogP contribution is -2.20. The molecule has 0 saturated carbocycles. The van der Waals surface area contributed by atoms with Crippen molar-refractivity contribution in [3.05, 3.63) is 0 Å². The molecule has 0 fully saturated rings. The zero-order chi connectivity index (χ0) is 8.69. The molecule has 0 amide bonds. The molecule has 0 radical (unpaired) electrons. The monoisotopic (exact) mass is 156 g/mol. The van der Waals surface area contributed by atoms with E-state index in [2.05, 4.69) is 24.0 Å². The number of nitrogens with zero attached hydrogens (tertiary/aromatic N) is 2. The standard InChI is InChI=1S/C9H20N2/c1-5-7-11(8-6-2)10-9(3)4/h5-8H2,1-4H3. The fourth-order valence-electron chi connectivity index (χ4n) is 1.01. The van der Waals surface area contributed by atoms with E-state index in [-0.39, 0.29) is 0 Å². The average Bonchev–Trinajstić information content (AvgIpc) is 1.87. The summed E-state index contributed by atoms with van der Waals surface area (Å²) in [4.78, 5) is 0. The van der Waals surface area contributed by atoms with Crippen molar-refractivity contribution in [2.75, 3.05) is 13.1 Å². The minimum Gasteiger partial charge on any atom is -0.297 e. The van der Waals surface area contributed by atoms with Crippen LogP contribution in [-0.4, -0.2) is 23.8 Å². The van der Waals surface area contributed by atoms with Gasteiger partial charge >= 0.3 is 0 Å². The van der Waals surface area contributed by atoms with Crippen molar-refractivity contribution >= 4 is 5.71 Å². The molecule has 66 valence electrons. The lowest BCUT2D eigenvalue weighted by atomic mass is 10.4. The van der Waals surface area contributed by atoms with Gasteiger partial charge in [-0.1, -0.05) is 13.8 Å². The lowest BCUT2D eigenvalue weighted by molar-refractivity contribution is 0.289. The SMILES string of the molecule is CCCN(CCC)N=C(C)C. The third kappa shape index (κ3) is 5.89. The highest BCUT2D eigenvalue weighted by molar-refractivity contribution is 5.78. The Kier molecular flexibility index (Phi) is 5.90. The lowest BCUT2D eigenvalue weighted by Gasteiger charge is -2.17. The highest BCUT2D eigenvalue weighted by Crippen LogP contribution is 1.95. The van der Waals surface area contributed by atoms with E-state index in [0.29, 0.717) is 0 Å². The molecule has 11 heavy (non-hydrogen) atoms. The largest absolute Gasteiger partial charge is 0.297 e. The van der Waals surface area contributed by atoms with Crippen molar-refractivity contribution < 1.29 is 0 Å². The molecule has 0 saturated heterocycles. The van der Waals surface area contributed by atoms with Crippen LogP contribution in [0.1, 0.15) is 40.5 Å². The van der Waals surface area contributed by atoms with Crippen molar-refractivity contribution in [3.63, 3.8) is 0 Å². The fourth-order valence-corrected chi connectivity index (χ4v) is 1.01. The summed E-state index contributed by atoms with van der Waals surface area (Å²) in [6.45, 7) is 10.6. The second kappa shape index (κ2) is 6.20. The van der Waals surface area contributed by atoms with E-state index in [0.717, 1.165) is 18.8 Å². The molecule has 0 bridgehead atoms. The van der Waals surface area contributed by atoms with Gasteiger partial charge in [-0.25, -0.2) is 0 Å². The van der Waals surface area contributed by atoms with Gasteiger partial charge in [-0.05, 0) is 26.7 Å². The van der Waals surface area contributed by atoms with E-state index in [1.165, 1.54) is 12.8 Å². The zero-order valence-electron chi connectivity index (χ0n) is 8.22. The second-order valence-corrected chi connectivity index (χ2v) is 3.00. The first-order valence-electron chi connectivity index (χ1n) is 4.47. The molecule has 2 heteroatoms. The first kappa shape index (κ1) is 10.5. The predicted octanol–water partition coefficient (Wildman–Crippen LogP) is 2.50. The molecule has 0 unspecified atom stereocenters. The Morgan fingerprint density at radius 2 is 1.55 bits per heavy atom. The Bertz CT molecular complexity index is 109. The van der Waals surface area contributed by atoms with E-state index >= 15 is 0 Å². The third-order valence-corrected chi connectivity index (χ3v) is 1.30. The van der Waals surface area contributed by atoms with Gasteiger partial charge in [0.25, 0.3) is 0 Å². The summed E-state index contributed by atoms with van der Waals surface area (Å²) >= 11 is 0. The van der Waals surface area contributed by atoms with E-state index in [9.17, 15) is 0 Å². The van der Waals surface area contributed by atoms with Gasteiger partial charge in [0.1, 0.15) is 0 Å². The maximum Gasteiger partial charge on any atom is 0.0357 e. The van der Waals surface area contributed by atoms with Crippen molar-refractivity contribution in [2.24, 2.45) is 5.10 Å². The molecule has 0 atom stereocenters. The normalized spacial score (nSPS) is 9.45. The summed E-state index contributed by atoms with van der Waals surface area (Å²) in [5, 5.41) is 6.55. The van der Waals surface area contributed by atoms with E-state index in [1.54, 1.807) is 0 Å². The maximum absolute atomic E-state index is 4.41. The fraction of sp³-hybridized carbons (Fsp3) is 0.889. The Morgan fingerprint density at radius 1 is 1.09 bits per heavy atom. The van der Waals surface area contributed by atoms with Gasteiger partial charge in [0.05, 0.1) is 0 Å². The summed E-state index contributed by atoms with van der Waals surface area (Å²) in [5.41, 5.74) is 1.15. The number of hydrogen-bond donors (Lipinski definition) is 0. The molecule has 0 rings (SSSR count). The molecular formula is C9H20N2.